The second-order valence-electron chi connectivity index (χ2n) is 4.69. The Morgan fingerprint density at radius 2 is 1.94 bits per heavy atom. The van der Waals surface area contributed by atoms with Crippen molar-refractivity contribution >= 4 is 34.6 Å². The third kappa shape index (κ3) is 2.85. The van der Waals surface area contributed by atoms with Crippen molar-refractivity contribution < 1.29 is 5.11 Å². The van der Waals surface area contributed by atoms with E-state index in [2.05, 4.69) is 4.90 Å². The quantitative estimate of drug-likeness (QED) is 0.839. The van der Waals surface area contributed by atoms with Crippen molar-refractivity contribution in [1.82, 2.24) is 0 Å². The number of hydrogen-bond donors (Lipinski definition) is 2. The summed E-state index contributed by atoms with van der Waals surface area (Å²) < 4.78 is 0. The highest BCUT2D eigenvalue weighted by molar-refractivity contribution is 6.39. The largest absolute Gasteiger partial charge is 0.399 e. The fourth-order valence-electron chi connectivity index (χ4n) is 2.60. The van der Waals surface area contributed by atoms with Gasteiger partial charge in [0.05, 0.1) is 15.7 Å². The van der Waals surface area contributed by atoms with Crippen LogP contribution in [0.25, 0.3) is 0 Å². The van der Waals surface area contributed by atoms with E-state index in [1.807, 2.05) is 0 Å². The average molecular weight is 289 g/mol. The van der Waals surface area contributed by atoms with Crippen molar-refractivity contribution in [3.8, 4) is 0 Å². The van der Waals surface area contributed by atoms with Crippen molar-refractivity contribution in [3.63, 3.8) is 0 Å². The second-order valence-corrected chi connectivity index (χ2v) is 5.50. The summed E-state index contributed by atoms with van der Waals surface area (Å²) in [7, 11) is 0. The molecule has 1 atom stereocenters. The molecule has 0 aromatic heterocycles. The SMILES string of the molecule is Nc1cc(Cl)c(N2CCCC[C@@H]2CCO)c(Cl)c1. The summed E-state index contributed by atoms with van der Waals surface area (Å²) in [6, 6.07) is 3.77. The minimum Gasteiger partial charge on any atom is -0.399 e. The highest BCUT2D eigenvalue weighted by Crippen LogP contribution is 2.39. The van der Waals surface area contributed by atoms with Gasteiger partial charge in [-0.25, -0.2) is 0 Å². The lowest BCUT2D eigenvalue weighted by Gasteiger charge is -2.38. The molecule has 0 bridgehead atoms. The number of hydrogen-bond acceptors (Lipinski definition) is 3. The van der Waals surface area contributed by atoms with Crippen LogP contribution in [0.1, 0.15) is 25.7 Å². The van der Waals surface area contributed by atoms with Crippen LogP contribution in [-0.2, 0) is 0 Å². The zero-order valence-corrected chi connectivity index (χ0v) is 11.7. The molecule has 1 aromatic rings. The molecule has 1 saturated heterocycles. The molecule has 1 aromatic carbocycles. The van der Waals surface area contributed by atoms with Crippen LogP contribution in [0.15, 0.2) is 12.1 Å². The topological polar surface area (TPSA) is 49.5 Å². The van der Waals surface area contributed by atoms with E-state index in [9.17, 15) is 0 Å². The number of nitrogens with zero attached hydrogens (tertiary/aromatic N) is 1. The fraction of sp³-hybridized carbons (Fsp3) is 0.538. The molecule has 3 nitrogen and oxygen atoms in total. The predicted octanol–water partition coefficient (Wildman–Crippen LogP) is 3.32. The molecule has 5 heteroatoms. The van der Waals surface area contributed by atoms with Gasteiger partial charge in [0.25, 0.3) is 0 Å². The predicted molar refractivity (Wildman–Crippen MR) is 77.6 cm³/mol. The Morgan fingerprint density at radius 1 is 1.28 bits per heavy atom. The van der Waals surface area contributed by atoms with E-state index >= 15 is 0 Å². The molecule has 100 valence electrons. The summed E-state index contributed by atoms with van der Waals surface area (Å²) in [4.78, 5) is 2.21. The Bertz CT molecular complexity index is 400. The lowest BCUT2D eigenvalue weighted by atomic mass is 9.98. The number of nitrogen functional groups attached to an aromatic ring is 1. The van der Waals surface area contributed by atoms with E-state index in [1.54, 1.807) is 12.1 Å². The monoisotopic (exact) mass is 288 g/mol. The molecule has 1 fully saturated rings. The average Bonchev–Trinajstić information content (AvgIpc) is 2.30. The summed E-state index contributed by atoms with van der Waals surface area (Å²) >= 11 is 12.5. The number of aliphatic hydroxyl groups excluding tert-OH is 1. The summed E-state index contributed by atoms with van der Waals surface area (Å²) in [6.45, 7) is 1.11. The van der Waals surface area contributed by atoms with Gasteiger partial charge in [-0.2, -0.15) is 0 Å². The number of halogens is 2. The van der Waals surface area contributed by atoms with Gasteiger partial charge in [0.1, 0.15) is 0 Å². The molecule has 1 heterocycles. The van der Waals surface area contributed by atoms with Gasteiger partial charge in [0.2, 0.25) is 0 Å². The van der Waals surface area contributed by atoms with Crippen LogP contribution in [0.4, 0.5) is 11.4 Å². The minimum absolute atomic E-state index is 0.186. The first-order valence-electron chi connectivity index (χ1n) is 6.25. The molecule has 18 heavy (non-hydrogen) atoms. The minimum atomic E-state index is 0.186. The van der Waals surface area contributed by atoms with Crippen molar-refractivity contribution in [2.24, 2.45) is 0 Å². The van der Waals surface area contributed by atoms with Crippen LogP contribution >= 0.6 is 23.2 Å². The number of piperidine rings is 1. The van der Waals surface area contributed by atoms with Gasteiger partial charge in [-0.1, -0.05) is 23.2 Å². The summed E-state index contributed by atoms with van der Waals surface area (Å²) in [6.07, 6.45) is 4.12. The van der Waals surface area contributed by atoms with Crippen LogP contribution in [0.5, 0.6) is 0 Å². The second kappa shape index (κ2) is 6.00. The Morgan fingerprint density at radius 3 is 2.56 bits per heavy atom. The maximum Gasteiger partial charge on any atom is 0.0749 e. The van der Waals surface area contributed by atoms with E-state index < -0.39 is 0 Å². The van der Waals surface area contributed by atoms with E-state index in [0.29, 0.717) is 21.8 Å². The molecule has 1 aliphatic heterocycles. The van der Waals surface area contributed by atoms with E-state index in [1.165, 1.54) is 6.42 Å². The molecule has 0 radical (unpaired) electrons. The molecule has 0 spiro atoms. The van der Waals surface area contributed by atoms with Crippen LogP contribution in [0.2, 0.25) is 10.0 Å². The number of nitrogens with two attached hydrogens (primary N) is 1. The Kier molecular flexibility index (Phi) is 4.60. The molecule has 0 unspecified atom stereocenters. The number of rotatable bonds is 3. The lowest BCUT2D eigenvalue weighted by molar-refractivity contribution is 0.262. The van der Waals surface area contributed by atoms with E-state index in [4.69, 9.17) is 34.0 Å². The zero-order valence-electron chi connectivity index (χ0n) is 10.2. The first kappa shape index (κ1) is 13.8. The number of benzene rings is 1. The van der Waals surface area contributed by atoms with Crippen LogP contribution in [-0.4, -0.2) is 24.3 Å². The molecule has 0 aliphatic carbocycles. The van der Waals surface area contributed by atoms with Gasteiger partial charge in [-0.3, -0.25) is 0 Å². The first-order valence-corrected chi connectivity index (χ1v) is 7.01. The fourth-order valence-corrected chi connectivity index (χ4v) is 3.32. The number of aliphatic hydroxyl groups is 1. The van der Waals surface area contributed by atoms with Crippen molar-refractivity contribution in [2.75, 3.05) is 23.8 Å². The van der Waals surface area contributed by atoms with Gasteiger partial charge in [0.15, 0.2) is 0 Å². The van der Waals surface area contributed by atoms with Crippen LogP contribution in [0, 0.1) is 0 Å². The smallest absolute Gasteiger partial charge is 0.0749 e. The molecular formula is C13H18Cl2N2O. The summed E-state index contributed by atoms with van der Waals surface area (Å²) in [5.41, 5.74) is 7.15. The maximum atomic E-state index is 9.15. The van der Waals surface area contributed by atoms with E-state index in [0.717, 1.165) is 31.5 Å². The normalized spacial score (nSPS) is 20.2. The highest BCUT2D eigenvalue weighted by atomic mass is 35.5. The Labute approximate surface area is 117 Å². The maximum absolute atomic E-state index is 9.15. The summed E-state index contributed by atoms with van der Waals surface area (Å²) in [5.74, 6) is 0. The summed E-state index contributed by atoms with van der Waals surface area (Å²) in [5, 5.41) is 10.3. The Hall–Kier alpha value is -0.640. The highest BCUT2D eigenvalue weighted by Gasteiger charge is 2.25. The molecule has 2 rings (SSSR count). The molecule has 0 amide bonds. The molecule has 1 aliphatic rings. The van der Waals surface area contributed by atoms with Crippen LogP contribution < -0.4 is 10.6 Å². The van der Waals surface area contributed by atoms with Crippen molar-refractivity contribution in [1.29, 1.82) is 0 Å². The third-order valence-electron chi connectivity index (χ3n) is 3.42. The Balaban J connectivity index is 2.33. The lowest BCUT2D eigenvalue weighted by Crippen LogP contribution is -2.40. The van der Waals surface area contributed by atoms with Crippen LogP contribution in [0.3, 0.4) is 0 Å². The van der Waals surface area contributed by atoms with Crippen molar-refractivity contribution in [3.05, 3.63) is 22.2 Å². The third-order valence-corrected chi connectivity index (χ3v) is 3.99. The van der Waals surface area contributed by atoms with Gasteiger partial charge in [-0.05, 0) is 37.8 Å². The van der Waals surface area contributed by atoms with Gasteiger partial charge < -0.3 is 15.7 Å². The molecule has 0 saturated carbocycles. The number of anilines is 2. The first-order chi connectivity index (χ1) is 8.63. The van der Waals surface area contributed by atoms with Crippen molar-refractivity contribution in [2.45, 2.75) is 31.7 Å². The van der Waals surface area contributed by atoms with Gasteiger partial charge in [0, 0.05) is 24.9 Å². The zero-order chi connectivity index (χ0) is 13.1. The van der Waals surface area contributed by atoms with Gasteiger partial charge in [-0.15, -0.1) is 0 Å². The van der Waals surface area contributed by atoms with E-state index in [-0.39, 0.29) is 6.61 Å². The standard InChI is InChI=1S/C13H18Cl2N2O/c14-11-7-9(16)8-12(15)13(11)17-5-2-1-3-10(17)4-6-18/h7-8,10,18H,1-6,16H2/t10-/m1/s1. The van der Waals surface area contributed by atoms with Gasteiger partial charge >= 0.3 is 0 Å². The molecular weight excluding hydrogens is 271 g/mol. The molecule has 3 N–H and O–H groups in total.